The number of aryl methyl sites for hydroxylation is 1. The minimum Gasteiger partial charge on any atom is -0.496 e. The van der Waals surface area contributed by atoms with Gasteiger partial charge in [0.25, 0.3) is 10.0 Å². The number of halogens is 1. The third-order valence-corrected chi connectivity index (χ3v) is 9.52. The van der Waals surface area contributed by atoms with Gasteiger partial charge < -0.3 is 15.0 Å². The molecule has 0 fully saturated rings. The third kappa shape index (κ3) is 8.06. The molecule has 0 aliphatic heterocycles. The van der Waals surface area contributed by atoms with E-state index in [-0.39, 0.29) is 23.8 Å². The molecule has 0 unspecified atom stereocenters. The van der Waals surface area contributed by atoms with Gasteiger partial charge in [0.1, 0.15) is 18.3 Å². The molecular formula is C34H36BrN3O5S. The molecular weight excluding hydrogens is 642 g/mol. The van der Waals surface area contributed by atoms with Gasteiger partial charge in [-0.3, -0.25) is 13.9 Å². The quantitative estimate of drug-likeness (QED) is 0.195. The Morgan fingerprint density at radius 1 is 0.886 bits per heavy atom. The largest absolute Gasteiger partial charge is 0.496 e. The van der Waals surface area contributed by atoms with E-state index in [2.05, 4.69) is 21.2 Å². The van der Waals surface area contributed by atoms with Crippen molar-refractivity contribution >= 4 is 43.5 Å². The lowest BCUT2D eigenvalue weighted by molar-refractivity contribution is -0.140. The second-order valence-electron chi connectivity index (χ2n) is 10.3. The molecule has 0 radical (unpaired) electrons. The first-order valence-electron chi connectivity index (χ1n) is 14.2. The first-order valence-corrected chi connectivity index (χ1v) is 16.4. The minimum absolute atomic E-state index is 0.0160. The van der Waals surface area contributed by atoms with Crippen molar-refractivity contribution in [2.75, 3.05) is 24.5 Å². The molecule has 44 heavy (non-hydrogen) atoms. The first kappa shape index (κ1) is 32.8. The van der Waals surface area contributed by atoms with Crippen LogP contribution in [0, 0.1) is 6.92 Å². The number of ether oxygens (including phenoxy) is 1. The molecule has 0 aliphatic rings. The molecule has 4 rings (SSSR count). The van der Waals surface area contributed by atoms with Crippen LogP contribution in [0.4, 0.5) is 5.69 Å². The van der Waals surface area contributed by atoms with Crippen LogP contribution in [-0.2, 0) is 32.6 Å². The third-order valence-electron chi connectivity index (χ3n) is 7.13. The van der Waals surface area contributed by atoms with Crippen LogP contribution in [0.25, 0.3) is 0 Å². The van der Waals surface area contributed by atoms with Gasteiger partial charge in [0, 0.05) is 19.5 Å². The standard InChI is InChI=1S/C34H36BrN3O5S/c1-4-36-34(40)31(21-26-11-7-5-8-12-26)37(23-27-13-9-6-10-14-27)33(39)24-38(28-17-15-25(2)16-18-28)44(41,42)29-19-20-32(43-3)30(35)22-29/h5-20,22,31H,4,21,23-24H2,1-3H3,(H,36,40)/t31-/m1/s1. The van der Waals surface area contributed by atoms with Crippen LogP contribution in [0.1, 0.15) is 23.6 Å². The van der Waals surface area contributed by atoms with Crippen LogP contribution < -0.4 is 14.4 Å². The molecule has 4 aromatic rings. The average molecular weight is 679 g/mol. The summed E-state index contributed by atoms with van der Waals surface area (Å²) >= 11 is 3.38. The lowest BCUT2D eigenvalue weighted by Crippen LogP contribution is -2.53. The maximum atomic E-state index is 14.4. The Balaban J connectivity index is 1.79. The zero-order valence-corrected chi connectivity index (χ0v) is 27.3. The van der Waals surface area contributed by atoms with Gasteiger partial charge in [-0.15, -0.1) is 0 Å². The smallest absolute Gasteiger partial charge is 0.264 e. The van der Waals surface area contributed by atoms with Crippen molar-refractivity contribution in [1.29, 1.82) is 0 Å². The highest BCUT2D eigenvalue weighted by Gasteiger charge is 2.34. The van der Waals surface area contributed by atoms with Crippen molar-refractivity contribution in [3.05, 3.63) is 124 Å². The molecule has 0 aromatic heterocycles. The first-order chi connectivity index (χ1) is 21.1. The normalized spacial score (nSPS) is 11.8. The van der Waals surface area contributed by atoms with Gasteiger partial charge >= 0.3 is 0 Å². The molecule has 2 amide bonds. The number of sulfonamides is 1. The van der Waals surface area contributed by atoms with E-state index in [4.69, 9.17) is 4.74 Å². The van der Waals surface area contributed by atoms with Crippen LogP contribution in [0.15, 0.2) is 112 Å². The molecule has 8 nitrogen and oxygen atoms in total. The van der Waals surface area contributed by atoms with Gasteiger partial charge in [0.2, 0.25) is 11.8 Å². The van der Waals surface area contributed by atoms with E-state index in [0.29, 0.717) is 22.5 Å². The zero-order chi connectivity index (χ0) is 31.7. The second-order valence-corrected chi connectivity index (χ2v) is 13.0. The van der Waals surface area contributed by atoms with Gasteiger partial charge in [0.05, 0.1) is 22.2 Å². The molecule has 230 valence electrons. The van der Waals surface area contributed by atoms with E-state index in [1.165, 1.54) is 24.1 Å². The zero-order valence-electron chi connectivity index (χ0n) is 24.9. The minimum atomic E-state index is -4.23. The van der Waals surface area contributed by atoms with E-state index in [1.807, 2.05) is 74.5 Å². The van der Waals surface area contributed by atoms with Crippen molar-refractivity contribution in [3.8, 4) is 5.75 Å². The summed E-state index contributed by atoms with van der Waals surface area (Å²) in [4.78, 5) is 29.4. The number of hydrogen-bond donors (Lipinski definition) is 1. The second kappa shape index (κ2) is 15.0. The summed E-state index contributed by atoms with van der Waals surface area (Å²) in [5.41, 5.74) is 2.95. The molecule has 0 spiro atoms. The van der Waals surface area contributed by atoms with Gasteiger partial charge in [-0.05, 0) is 71.2 Å². The number of likely N-dealkylation sites (N-methyl/N-ethyl adjacent to an activating group) is 1. The fraction of sp³-hybridized carbons (Fsp3) is 0.235. The van der Waals surface area contributed by atoms with Crippen LogP contribution in [-0.4, -0.2) is 51.4 Å². The predicted molar refractivity (Wildman–Crippen MR) is 176 cm³/mol. The molecule has 10 heteroatoms. The predicted octanol–water partition coefficient (Wildman–Crippen LogP) is 5.74. The highest BCUT2D eigenvalue weighted by atomic mass is 79.9. The molecule has 0 saturated carbocycles. The molecule has 1 atom stereocenters. The summed E-state index contributed by atoms with van der Waals surface area (Å²) in [6.07, 6.45) is 0.258. The van der Waals surface area contributed by atoms with E-state index >= 15 is 0 Å². The summed E-state index contributed by atoms with van der Waals surface area (Å²) < 4.78 is 35.2. The van der Waals surface area contributed by atoms with Crippen molar-refractivity contribution in [3.63, 3.8) is 0 Å². The summed E-state index contributed by atoms with van der Waals surface area (Å²) in [5, 5.41) is 2.87. The number of carbonyl (C=O) groups is 2. The Morgan fingerprint density at radius 3 is 2.07 bits per heavy atom. The Labute approximate surface area is 267 Å². The molecule has 1 N–H and O–H groups in total. The molecule has 4 aromatic carbocycles. The fourth-order valence-electron chi connectivity index (χ4n) is 4.80. The van der Waals surface area contributed by atoms with Crippen LogP contribution >= 0.6 is 15.9 Å². The Bertz CT molecular complexity index is 1670. The van der Waals surface area contributed by atoms with Crippen LogP contribution in [0.5, 0.6) is 5.75 Å². The number of methoxy groups -OCH3 is 1. The number of nitrogens with one attached hydrogen (secondary N) is 1. The Kier molecular flexibility index (Phi) is 11.2. The average Bonchev–Trinajstić information content (AvgIpc) is 3.03. The number of rotatable bonds is 13. The number of carbonyl (C=O) groups excluding carboxylic acids is 2. The highest BCUT2D eigenvalue weighted by Crippen LogP contribution is 2.31. The van der Waals surface area contributed by atoms with Gasteiger partial charge in [-0.2, -0.15) is 0 Å². The number of hydrogen-bond acceptors (Lipinski definition) is 5. The van der Waals surface area contributed by atoms with E-state index in [0.717, 1.165) is 21.0 Å². The summed E-state index contributed by atoms with van der Waals surface area (Å²) in [6, 6.07) is 29.3. The van der Waals surface area contributed by atoms with Gasteiger partial charge in [0.15, 0.2) is 0 Å². The lowest BCUT2D eigenvalue weighted by atomic mass is 10.0. The number of anilines is 1. The van der Waals surface area contributed by atoms with Gasteiger partial charge in [-0.25, -0.2) is 8.42 Å². The molecule has 0 saturated heterocycles. The maximum absolute atomic E-state index is 14.4. The Hall–Kier alpha value is -4.15. The van der Waals surface area contributed by atoms with Crippen LogP contribution in [0.2, 0.25) is 0 Å². The highest BCUT2D eigenvalue weighted by molar-refractivity contribution is 9.10. The van der Waals surface area contributed by atoms with Gasteiger partial charge in [-0.1, -0.05) is 78.4 Å². The van der Waals surface area contributed by atoms with E-state index in [9.17, 15) is 18.0 Å². The fourth-order valence-corrected chi connectivity index (χ4v) is 6.93. The van der Waals surface area contributed by atoms with E-state index < -0.39 is 28.5 Å². The monoisotopic (exact) mass is 677 g/mol. The van der Waals surface area contributed by atoms with Crippen molar-refractivity contribution in [1.82, 2.24) is 10.2 Å². The molecule has 0 bridgehead atoms. The van der Waals surface area contributed by atoms with Crippen molar-refractivity contribution in [2.45, 2.75) is 37.8 Å². The van der Waals surface area contributed by atoms with Crippen LogP contribution in [0.3, 0.4) is 0 Å². The SMILES string of the molecule is CCNC(=O)[C@@H](Cc1ccccc1)N(Cc1ccccc1)C(=O)CN(c1ccc(C)cc1)S(=O)(=O)c1ccc(OC)c(Br)c1. The number of amides is 2. The summed E-state index contributed by atoms with van der Waals surface area (Å²) in [7, 11) is -2.74. The number of benzene rings is 4. The summed E-state index contributed by atoms with van der Waals surface area (Å²) in [5.74, 6) is -0.358. The van der Waals surface area contributed by atoms with Crippen molar-refractivity contribution < 1.29 is 22.7 Å². The Morgan fingerprint density at radius 2 is 1.50 bits per heavy atom. The summed E-state index contributed by atoms with van der Waals surface area (Å²) in [6.45, 7) is 3.69. The maximum Gasteiger partial charge on any atom is 0.264 e. The topological polar surface area (TPSA) is 96.0 Å². The molecule has 0 aliphatic carbocycles. The number of nitrogens with zero attached hydrogens (tertiary/aromatic N) is 2. The van der Waals surface area contributed by atoms with E-state index in [1.54, 1.807) is 30.3 Å². The lowest BCUT2D eigenvalue weighted by Gasteiger charge is -2.34. The van der Waals surface area contributed by atoms with Crippen molar-refractivity contribution in [2.24, 2.45) is 0 Å². The molecule has 0 heterocycles.